The maximum absolute atomic E-state index is 14.5. The number of hydroxylamine groups is 1. The second-order valence-corrected chi connectivity index (χ2v) is 10.4. The number of rotatable bonds is 8. The molecule has 0 radical (unpaired) electrons. The van der Waals surface area contributed by atoms with Crippen LogP contribution in [0.4, 0.5) is 4.39 Å². The minimum atomic E-state index is -3.91. The summed E-state index contributed by atoms with van der Waals surface area (Å²) >= 11 is 0. The van der Waals surface area contributed by atoms with Crippen molar-refractivity contribution in [1.82, 2.24) is 15.0 Å². The molecule has 176 valence electrons. The minimum absolute atomic E-state index is 0.0844. The molecule has 0 aliphatic rings. The molecule has 1 amide bonds. The van der Waals surface area contributed by atoms with E-state index in [0.29, 0.717) is 28.6 Å². The summed E-state index contributed by atoms with van der Waals surface area (Å²) in [5.74, 6) is -1.56. The number of fused-ring (bicyclic) bond motifs is 1. The number of nitrogens with one attached hydrogen (secondary N) is 1. The van der Waals surface area contributed by atoms with Crippen LogP contribution >= 0.6 is 0 Å². The second-order valence-electron chi connectivity index (χ2n) is 7.96. The highest BCUT2D eigenvalue weighted by atomic mass is 32.2. The first kappa shape index (κ1) is 24.5. The number of benzene rings is 2. The van der Waals surface area contributed by atoms with Crippen LogP contribution in [0, 0.1) is 5.82 Å². The van der Waals surface area contributed by atoms with Gasteiger partial charge in [-0.2, -0.15) is 0 Å². The van der Waals surface area contributed by atoms with Gasteiger partial charge in [-0.15, -0.1) is 0 Å². The van der Waals surface area contributed by atoms with Crippen LogP contribution < -0.4 is 11.0 Å². The number of amides is 1. The molecule has 0 spiro atoms. The average Bonchev–Trinajstić information content (AvgIpc) is 2.77. The fraction of sp³-hybridized carbons (Fsp3) is 0.318. The van der Waals surface area contributed by atoms with Crippen molar-refractivity contribution in [2.45, 2.75) is 31.1 Å². The van der Waals surface area contributed by atoms with Crippen molar-refractivity contribution in [3.63, 3.8) is 0 Å². The number of aliphatic hydroxyl groups excluding tert-OH is 1. The lowest BCUT2D eigenvalue weighted by atomic mass is 10.0. The van der Waals surface area contributed by atoms with Crippen molar-refractivity contribution in [2.75, 3.05) is 12.9 Å². The van der Waals surface area contributed by atoms with Gasteiger partial charge in [0.15, 0.2) is 14.6 Å². The minimum Gasteiger partial charge on any atom is -0.396 e. The number of aryl methyl sites for hydroxylation is 1. The van der Waals surface area contributed by atoms with Crippen LogP contribution in [0.3, 0.4) is 0 Å². The third kappa shape index (κ3) is 4.80. The van der Waals surface area contributed by atoms with E-state index in [1.54, 1.807) is 24.3 Å². The Kier molecular flexibility index (Phi) is 6.96. The Hall–Kier alpha value is -3.15. The Morgan fingerprint density at radius 2 is 1.97 bits per heavy atom. The van der Waals surface area contributed by atoms with Gasteiger partial charge in [0, 0.05) is 25.0 Å². The number of nitrogens with zero attached hydrogens (tertiary/aromatic N) is 2. The molecular formula is C22H24FN3O6S. The Bertz CT molecular complexity index is 1370. The SMILES string of the molecule is C[C@](CCn1cnc2cc(-c3ccc(CCO)cc3F)ccc2c1=O)(C(=O)NO)S(C)(=O)=O. The Balaban J connectivity index is 1.94. The number of aromatic nitrogens is 2. The van der Waals surface area contributed by atoms with Gasteiger partial charge in [0.05, 0.1) is 17.2 Å². The first-order valence-corrected chi connectivity index (χ1v) is 11.9. The van der Waals surface area contributed by atoms with Gasteiger partial charge in [0.2, 0.25) is 0 Å². The van der Waals surface area contributed by atoms with Crippen LogP contribution in [0.1, 0.15) is 18.9 Å². The lowest BCUT2D eigenvalue weighted by molar-refractivity contribution is -0.131. The Morgan fingerprint density at radius 3 is 2.58 bits per heavy atom. The molecule has 3 N–H and O–H groups in total. The van der Waals surface area contributed by atoms with E-state index in [0.717, 1.165) is 6.26 Å². The molecule has 33 heavy (non-hydrogen) atoms. The number of hydrogen-bond acceptors (Lipinski definition) is 7. The molecule has 0 saturated carbocycles. The molecule has 0 fully saturated rings. The molecule has 0 bridgehead atoms. The molecule has 0 aliphatic carbocycles. The molecule has 11 heteroatoms. The molecule has 9 nitrogen and oxygen atoms in total. The molecule has 0 unspecified atom stereocenters. The molecule has 3 rings (SSSR count). The van der Waals surface area contributed by atoms with Crippen molar-refractivity contribution >= 4 is 26.6 Å². The van der Waals surface area contributed by atoms with Crippen molar-refractivity contribution < 1.29 is 27.9 Å². The third-order valence-electron chi connectivity index (χ3n) is 5.80. The highest BCUT2D eigenvalue weighted by molar-refractivity contribution is 7.92. The second kappa shape index (κ2) is 9.38. The van der Waals surface area contributed by atoms with Gasteiger partial charge >= 0.3 is 0 Å². The molecule has 0 saturated heterocycles. The molecule has 1 atom stereocenters. The standard InChI is InChI=1S/C22H24FN3O6S/c1-22(21(29)25-30,33(2,31)32)8-9-26-13-24-19-12-15(4-6-17(19)20(26)28)16-5-3-14(7-10-27)11-18(16)23/h3-6,11-13,27,30H,7-10H2,1-2H3,(H,25,29)/t22-/m0/s1. The topological polar surface area (TPSA) is 139 Å². The first-order chi connectivity index (χ1) is 15.5. The highest BCUT2D eigenvalue weighted by Gasteiger charge is 2.43. The Labute approximate surface area is 189 Å². The zero-order chi connectivity index (χ0) is 24.4. The summed E-state index contributed by atoms with van der Waals surface area (Å²) in [7, 11) is -3.91. The van der Waals surface area contributed by atoms with Gasteiger partial charge in [-0.05, 0) is 49.1 Å². The van der Waals surface area contributed by atoms with Crippen LogP contribution in [0.2, 0.25) is 0 Å². The van der Waals surface area contributed by atoms with Crippen LogP contribution in [-0.2, 0) is 27.6 Å². The van der Waals surface area contributed by atoms with E-state index in [2.05, 4.69) is 4.98 Å². The van der Waals surface area contributed by atoms with Crippen LogP contribution in [0.5, 0.6) is 0 Å². The van der Waals surface area contributed by atoms with Crippen molar-refractivity contribution in [1.29, 1.82) is 0 Å². The summed E-state index contributed by atoms with van der Waals surface area (Å²) in [5.41, 5.74) is 2.74. The quantitative estimate of drug-likeness (QED) is 0.330. The first-order valence-electron chi connectivity index (χ1n) is 10.0. The predicted molar refractivity (Wildman–Crippen MR) is 120 cm³/mol. The van der Waals surface area contributed by atoms with Gasteiger partial charge in [0.1, 0.15) is 5.82 Å². The monoisotopic (exact) mass is 477 g/mol. The number of sulfone groups is 1. The molecule has 3 aromatic rings. The van der Waals surface area contributed by atoms with E-state index in [-0.39, 0.29) is 25.0 Å². The van der Waals surface area contributed by atoms with E-state index in [1.165, 1.54) is 35.4 Å². The summed E-state index contributed by atoms with van der Waals surface area (Å²) in [4.78, 5) is 29.1. The summed E-state index contributed by atoms with van der Waals surface area (Å²) in [6.45, 7) is 0.945. The fourth-order valence-electron chi connectivity index (χ4n) is 3.48. The van der Waals surface area contributed by atoms with E-state index in [1.807, 2.05) is 0 Å². The summed E-state index contributed by atoms with van der Waals surface area (Å²) in [5, 5.41) is 18.2. The smallest absolute Gasteiger partial charge is 0.264 e. The molecule has 1 heterocycles. The number of aliphatic hydroxyl groups is 1. The van der Waals surface area contributed by atoms with Gasteiger partial charge in [-0.3, -0.25) is 19.4 Å². The highest BCUT2D eigenvalue weighted by Crippen LogP contribution is 2.26. The van der Waals surface area contributed by atoms with Crippen LogP contribution in [0.15, 0.2) is 47.5 Å². The molecule has 0 aliphatic heterocycles. The van der Waals surface area contributed by atoms with Gasteiger partial charge < -0.3 is 5.11 Å². The van der Waals surface area contributed by atoms with Crippen LogP contribution in [0.25, 0.3) is 22.0 Å². The van der Waals surface area contributed by atoms with Crippen molar-refractivity contribution in [3.05, 3.63) is 64.5 Å². The van der Waals surface area contributed by atoms with E-state index in [9.17, 15) is 22.4 Å². The largest absolute Gasteiger partial charge is 0.396 e. The molecule has 1 aromatic heterocycles. The van der Waals surface area contributed by atoms with Gasteiger partial charge in [-0.25, -0.2) is 23.3 Å². The predicted octanol–water partition coefficient (Wildman–Crippen LogP) is 1.44. The third-order valence-corrected chi connectivity index (χ3v) is 7.83. The number of carbonyl (C=O) groups is 1. The fourth-order valence-corrected chi connectivity index (χ4v) is 4.33. The van der Waals surface area contributed by atoms with Gasteiger partial charge in [0.25, 0.3) is 11.5 Å². The summed E-state index contributed by atoms with van der Waals surface area (Å²) in [6.07, 6.45) is 2.18. The maximum Gasteiger partial charge on any atom is 0.264 e. The van der Waals surface area contributed by atoms with E-state index in [4.69, 9.17) is 10.3 Å². The number of halogens is 1. The van der Waals surface area contributed by atoms with E-state index >= 15 is 0 Å². The lowest BCUT2D eigenvalue weighted by Gasteiger charge is -2.25. The van der Waals surface area contributed by atoms with Crippen molar-refractivity contribution in [3.8, 4) is 11.1 Å². The Morgan fingerprint density at radius 1 is 1.24 bits per heavy atom. The molecule has 2 aromatic carbocycles. The normalized spacial score (nSPS) is 13.6. The summed E-state index contributed by atoms with van der Waals surface area (Å²) in [6, 6.07) is 9.33. The molecular weight excluding hydrogens is 453 g/mol. The van der Waals surface area contributed by atoms with Crippen LogP contribution in [-0.4, -0.2) is 51.8 Å². The van der Waals surface area contributed by atoms with Crippen molar-refractivity contribution in [2.24, 2.45) is 0 Å². The number of hydrogen-bond donors (Lipinski definition) is 3. The maximum atomic E-state index is 14.5. The zero-order valence-electron chi connectivity index (χ0n) is 18.1. The zero-order valence-corrected chi connectivity index (χ0v) is 18.9. The lowest BCUT2D eigenvalue weighted by Crippen LogP contribution is -2.50. The summed E-state index contributed by atoms with van der Waals surface area (Å²) < 4.78 is 38.0. The van der Waals surface area contributed by atoms with Gasteiger partial charge in [-0.1, -0.05) is 18.2 Å². The average molecular weight is 478 g/mol. The van der Waals surface area contributed by atoms with E-state index < -0.39 is 31.9 Å². The number of carbonyl (C=O) groups excluding carboxylic acids is 1.